The summed E-state index contributed by atoms with van der Waals surface area (Å²) in [6.45, 7) is 0. The molecule has 0 aliphatic heterocycles. The molecule has 0 unspecified atom stereocenters. The van der Waals surface area contributed by atoms with Gasteiger partial charge in [0.1, 0.15) is 0 Å². The second-order valence-electron chi connectivity index (χ2n) is 1.65. The molecule has 64 valence electrons. The van der Waals surface area contributed by atoms with Crippen molar-refractivity contribution in [1.29, 1.82) is 0 Å². The summed E-state index contributed by atoms with van der Waals surface area (Å²) in [4.78, 5) is 21.0. The minimum absolute atomic E-state index is 0.0276. The number of rotatable bonds is 4. The summed E-state index contributed by atoms with van der Waals surface area (Å²) in [7, 11) is 2.66. The maximum atomic E-state index is 10.5. The molecule has 0 heterocycles. The van der Waals surface area contributed by atoms with Crippen LogP contribution in [0.2, 0.25) is 10.6 Å². The number of ether oxygens (including phenoxy) is 2. The van der Waals surface area contributed by atoms with Crippen molar-refractivity contribution in [1.82, 2.24) is 0 Å². The first-order valence-corrected chi connectivity index (χ1v) is 5.34. The quantitative estimate of drug-likeness (QED) is 0.494. The summed E-state index contributed by atoms with van der Waals surface area (Å²) < 4.78 is 8.78. The summed E-state index contributed by atoms with van der Waals surface area (Å²) >= 11 is -0.0276. The van der Waals surface area contributed by atoms with Gasteiger partial charge in [0.2, 0.25) is 0 Å². The fourth-order valence-corrected chi connectivity index (χ4v) is 1.74. The number of carbonyl (C=O) groups is 2. The Bertz CT molecular complexity index is 130. The predicted molar refractivity (Wildman–Crippen MR) is 39.4 cm³/mol. The molecular formula is C6H10O4Se. The number of esters is 2. The molecule has 0 aliphatic rings. The number of hydrogen-bond donors (Lipinski definition) is 0. The number of methoxy groups -OCH3 is 2. The predicted octanol–water partition coefficient (Wildman–Crippen LogP) is -0.127. The minimum atomic E-state index is -0.270. The van der Waals surface area contributed by atoms with Crippen LogP contribution >= 0.6 is 0 Å². The van der Waals surface area contributed by atoms with Gasteiger partial charge in [-0.25, -0.2) is 0 Å². The summed E-state index contributed by atoms with van der Waals surface area (Å²) in [5.41, 5.74) is 0. The van der Waals surface area contributed by atoms with E-state index in [1.807, 2.05) is 0 Å². The normalized spacial score (nSPS) is 8.91. The zero-order valence-corrected chi connectivity index (χ0v) is 8.17. The van der Waals surface area contributed by atoms with E-state index in [-0.39, 0.29) is 26.9 Å². The first-order chi connectivity index (χ1) is 5.20. The molecule has 5 heteroatoms. The second kappa shape index (κ2) is 6.19. The Kier molecular flexibility index (Phi) is 5.88. The topological polar surface area (TPSA) is 52.6 Å². The first-order valence-electron chi connectivity index (χ1n) is 2.92. The Balaban J connectivity index is 3.27. The first kappa shape index (κ1) is 10.5. The van der Waals surface area contributed by atoms with E-state index in [4.69, 9.17) is 0 Å². The van der Waals surface area contributed by atoms with Crippen molar-refractivity contribution in [2.24, 2.45) is 0 Å². The molecule has 0 aromatic carbocycles. The second-order valence-corrected chi connectivity index (χ2v) is 3.71. The van der Waals surface area contributed by atoms with Gasteiger partial charge in [0.05, 0.1) is 0 Å². The fraction of sp³-hybridized carbons (Fsp3) is 0.667. The van der Waals surface area contributed by atoms with E-state index in [9.17, 15) is 9.59 Å². The van der Waals surface area contributed by atoms with Crippen molar-refractivity contribution in [2.75, 3.05) is 14.2 Å². The van der Waals surface area contributed by atoms with E-state index < -0.39 is 0 Å². The molecule has 0 saturated carbocycles. The van der Waals surface area contributed by atoms with Gasteiger partial charge in [0.15, 0.2) is 0 Å². The molecule has 11 heavy (non-hydrogen) atoms. The van der Waals surface area contributed by atoms with Crippen LogP contribution in [0.1, 0.15) is 0 Å². The third-order valence-electron chi connectivity index (χ3n) is 0.895. The van der Waals surface area contributed by atoms with Gasteiger partial charge in [-0.15, -0.1) is 0 Å². The van der Waals surface area contributed by atoms with Crippen LogP contribution in [-0.2, 0) is 19.1 Å². The monoisotopic (exact) mass is 226 g/mol. The molecule has 0 amide bonds. The molecular weight excluding hydrogens is 215 g/mol. The molecule has 0 aromatic heterocycles. The summed E-state index contributed by atoms with van der Waals surface area (Å²) in [5.74, 6) is -0.539. The third kappa shape index (κ3) is 5.88. The van der Waals surface area contributed by atoms with Crippen molar-refractivity contribution in [3.63, 3.8) is 0 Å². The Labute approximate surface area is 71.4 Å². The van der Waals surface area contributed by atoms with Gasteiger partial charge >= 0.3 is 70.8 Å². The zero-order chi connectivity index (χ0) is 8.69. The molecule has 0 aliphatic carbocycles. The van der Waals surface area contributed by atoms with E-state index >= 15 is 0 Å². The van der Waals surface area contributed by atoms with Crippen molar-refractivity contribution < 1.29 is 19.1 Å². The van der Waals surface area contributed by atoms with Crippen LogP contribution in [0.5, 0.6) is 0 Å². The standard InChI is InChI=1S/C6H10O4Se/c1-9-5(7)3-11-4-6(8)10-2/h3-4H2,1-2H3. The Morgan fingerprint density at radius 2 is 1.45 bits per heavy atom. The van der Waals surface area contributed by atoms with Crippen LogP contribution < -0.4 is 0 Å². The van der Waals surface area contributed by atoms with Gasteiger partial charge in [-0.1, -0.05) is 0 Å². The van der Waals surface area contributed by atoms with Crippen LogP contribution in [0.25, 0.3) is 0 Å². The molecule has 0 rings (SSSR count). The van der Waals surface area contributed by atoms with Gasteiger partial charge in [-0.2, -0.15) is 0 Å². The van der Waals surface area contributed by atoms with Gasteiger partial charge < -0.3 is 0 Å². The van der Waals surface area contributed by atoms with Gasteiger partial charge in [0.25, 0.3) is 0 Å². The Morgan fingerprint density at radius 3 is 1.73 bits per heavy atom. The summed E-state index contributed by atoms with van der Waals surface area (Å²) in [5, 5.41) is 0.664. The van der Waals surface area contributed by atoms with E-state index in [0.717, 1.165) is 0 Å². The average Bonchev–Trinajstić information content (AvgIpc) is 2.04. The van der Waals surface area contributed by atoms with Crippen LogP contribution in [0.4, 0.5) is 0 Å². The zero-order valence-electron chi connectivity index (χ0n) is 6.46. The molecule has 0 bridgehead atoms. The molecule has 0 atom stereocenters. The summed E-state index contributed by atoms with van der Waals surface area (Å²) in [6, 6.07) is 0. The van der Waals surface area contributed by atoms with Crippen molar-refractivity contribution >= 4 is 26.9 Å². The van der Waals surface area contributed by atoms with Crippen molar-refractivity contribution in [3.8, 4) is 0 Å². The SMILES string of the molecule is COC(=O)C[Se]CC(=O)OC. The molecule has 0 radical (unpaired) electrons. The third-order valence-corrected chi connectivity index (χ3v) is 2.74. The molecule has 0 spiro atoms. The number of carbonyl (C=O) groups excluding carboxylic acids is 2. The van der Waals surface area contributed by atoms with Gasteiger partial charge in [-0.3, -0.25) is 0 Å². The summed E-state index contributed by atoms with van der Waals surface area (Å²) in [6.07, 6.45) is 0. The molecule has 0 fully saturated rings. The molecule has 4 nitrogen and oxygen atoms in total. The van der Waals surface area contributed by atoms with E-state index in [0.29, 0.717) is 10.6 Å². The Hall–Kier alpha value is -0.541. The van der Waals surface area contributed by atoms with Crippen LogP contribution in [0.3, 0.4) is 0 Å². The Morgan fingerprint density at radius 1 is 1.09 bits per heavy atom. The molecule has 0 N–H and O–H groups in total. The fourth-order valence-electron chi connectivity index (χ4n) is 0.336. The molecule has 0 saturated heterocycles. The van der Waals surface area contributed by atoms with Crippen molar-refractivity contribution in [2.45, 2.75) is 10.6 Å². The number of hydrogen-bond acceptors (Lipinski definition) is 4. The van der Waals surface area contributed by atoms with Crippen LogP contribution in [-0.4, -0.2) is 41.1 Å². The average molecular weight is 225 g/mol. The van der Waals surface area contributed by atoms with Gasteiger partial charge in [-0.05, 0) is 0 Å². The maximum absolute atomic E-state index is 10.5. The van der Waals surface area contributed by atoms with Gasteiger partial charge in [0, 0.05) is 0 Å². The van der Waals surface area contributed by atoms with Crippen molar-refractivity contribution in [3.05, 3.63) is 0 Å². The van der Waals surface area contributed by atoms with E-state index in [1.54, 1.807) is 0 Å². The van der Waals surface area contributed by atoms with Crippen LogP contribution in [0, 0.1) is 0 Å². The van der Waals surface area contributed by atoms with E-state index in [1.165, 1.54) is 14.2 Å². The van der Waals surface area contributed by atoms with E-state index in [2.05, 4.69) is 9.47 Å². The molecule has 0 aromatic rings. The van der Waals surface area contributed by atoms with Crippen LogP contribution in [0.15, 0.2) is 0 Å².